The first-order chi connectivity index (χ1) is 13.8. The summed E-state index contributed by atoms with van der Waals surface area (Å²) in [5.74, 6) is -2.09. The molecule has 7 nitrogen and oxygen atoms in total. The molecule has 0 aromatic heterocycles. The van der Waals surface area contributed by atoms with Crippen LogP contribution in [0.4, 0.5) is 0 Å². The average molecular weight is 418 g/mol. The zero-order valence-electron chi connectivity index (χ0n) is 15.9. The maximum Gasteiger partial charge on any atom is 0.336 e. The fourth-order valence-electron chi connectivity index (χ4n) is 3.65. The lowest BCUT2D eigenvalue weighted by Gasteiger charge is -2.19. The number of aryl methyl sites for hydroxylation is 1. The summed E-state index contributed by atoms with van der Waals surface area (Å²) in [6.07, 6.45) is 3.97. The van der Waals surface area contributed by atoms with E-state index in [9.17, 15) is 28.6 Å². The Kier molecular flexibility index (Phi) is 6.34. The molecule has 1 saturated carbocycles. The Hall–Kier alpha value is -2.71. The number of ether oxygens (including phenoxy) is 1. The van der Waals surface area contributed by atoms with E-state index in [1.807, 2.05) is 0 Å². The number of hydrogen-bond acceptors (Lipinski definition) is 4. The zero-order valence-corrected chi connectivity index (χ0v) is 16.7. The van der Waals surface area contributed by atoms with Crippen molar-refractivity contribution < 1.29 is 33.3 Å². The molecule has 154 valence electrons. The molecule has 1 unspecified atom stereocenters. The van der Waals surface area contributed by atoms with Gasteiger partial charge in [0, 0.05) is 11.1 Å². The maximum absolute atomic E-state index is 11.9. The van der Waals surface area contributed by atoms with Crippen LogP contribution in [-0.4, -0.2) is 37.0 Å². The Morgan fingerprint density at radius 3 is 2.28 bits per heavy atom. The van der Waals surface area contributed by atoms with Gasteiger partial charge < -0.3 is 19.5 Å². The van der Waals surface area contributed by atoms with E-state index in [1.54, 1.807) is 25.1 Å². The summed E-state index contributed by atoms with van der Waals surface area (Å²) in [5, 5.41) is 19.0. The number of benzene rings is 2. The van der Waals surface area contributed by atoms with Gasteiger partial charge in [0.25, 0.3) is 0 Å². The van der Waals surface area contributed by atoms with Crippen molar-refractivity contribution in [2.24, 2.45) is 0 Å². The largest absolute Gasteiger partial charge is 0.490 e. The summed E-state index contributed by atoms with van der Waals surface area (Å²) in [6.45, 7) is 1.60. The van der Waals surface area contributed by atoms with Crippen molar-refractivity contribution >= 4 is 23.0 Å². The van der Waals surface area contributed by atoms with E-state index in [-0.39, 0.29) is 23.0 Å². The molecule has 2 aromatic carbocycles. The molecule has 1 atom stereocenters. The fraction of sp³-hybridized carbons (Fsp3) is 0.333. The van der Waals surface area contributed by atoms with Crippen molar-refractivity contribution in [2.45, 2.75) is 44.5 Å². The summed E-state index contributed by atoms with van der Waals surface area (Å²) in [7, 11) is 0. The summed E-state index contributed by atoms with van der Waals surface area (Å²) in [6, 6.07) is 7.66. The van der Waals surface area contributed by atoms with E-state index in [1.165, 1.54) is 6.07 Å². The molecular weight excluding hydrogens is 396 g/mol. The molecule has 0 amide bonds. The first kappa shape index (κ1) is 21.0. The third-order valence-electron chi connectivity index (χ3n) is 5.05. The second-order valence-electron chi connectivity index (χ2n) is 7.14. The predicted molar refractivity (Wildman–Crippen MR) is 108 cm³/mol. The molecule has 0 heterocycles. The molecule has 0 bridgehead atoms. The van der Waals surface area contributed by atoms with Gasteiger partial charge in [0.2, 0.25) is 0 Å². The van der Waals surface area contributed by atoms with Crippen LogP contribution >= 0.6 is 0 Å². The summed E-state index contributed by atoms with van der Waals surface area (Å²) >= 11 is -2.06. The number of carbonyl (C=O) groups is 2. The van der Waals surface area contributed by atoms with Crippen molar-refractivity contribution in [1.82, 2.24) is 0 Å². The minimum absolute atomic E-state index is 0.0271. The van der Waals surface area contributed by atoms with Gasteiger partial charge in [-0.2, -0.15) is 0 Å². The minimum Gasteiger partial charge on any atom is -0.490 e. The lowest BCUT2D eigenvalue weighted by Crippen LogP contribution is -2.13. The molecule has 0 saturated heterocycles. The van der Waals surface area contributed by atoms with E-state index < -0.39 is 23.0 Å². The standard InChI is InChI=1S/C21H22O7S/c1-12-8-16(18(21(24)25)10-15(12)20(22)23)17-9-13(11-29(26)27)6-7-19(17)28-14-4-2-3-5-14/h6-10,14H,2-5,11H2,1H3,(H,22,23)(H,24,25)(H,26,27). The van der Waals surface area contributed by atoms with Gasteiger partial charge >= 0.3 is 11.9 Å². The van der Waals surface area contributed by atoms with Gasteiger partial charge in [-0.05, 0) is 68.0 Å². The van der Waals surface area contributed by atoms with Crippen molar-refractivity contribution in [3.8, 4) is 16.9 Å². The highest BCUT2D eigenvalue weighted by Crippen LogP contribution is 2.37. The molecule has 2 aromatic rings. The van der Waals surface area contributed by atoms with Crippen molar-refractivity contribution in [2.75, 3.05) is 0 Å². The Balaban J connectivity index is 2.18. The average Bonchev–Trinajstić information content (AvgIpc) is 3.14. The van der Waals surface area contributed by atoms with Crippen LogP contribution in [0.1, 0.15) is 57.5 Å². The molecule has 0 aliphatic heterocycles. The van der Waals surface area contributed by atoms with Crippen LogP contribution in [0.25, 0.3) is 11.1 Å². The van der Waals surface area contributed by atoms with E-state index in [2.05, 4.69) is 0 Å². The van der Waals surface area contributed by atoms with Crippen LogP contribution in [0.5, 0.6) is 5.75 Å². The van der Waals surface area contributed by atoms with Gasteiger partial charge in [-0.3, -0.25) is 0 Å². The highest BCUT2D eigenvalue weighted by molar-refractivity contribution is 7.78. The van der Waals surface area contributed by atoms with Crippen LogP contribution < -0.4 is 4.74 Å². The summed E-state index contributed by atoms with van der Waals surface area (Å²) in [5.41, 5.74) is 1.51. The third-order valence-corrected chi connectivity index (χ3v) is 5.63. The fourth-order valence-corrected chi connectivity index (χ4v) is 4.11. The van der Waals surface area contributed by atoms with E-state index in [0.29, 0.717) is 28.0 Å². The second-order valence-corrected chi connectivity index (χ2v) is 8.08. The number of hydrogen-bond donors (Lipinski definition) is 3. The zero-order chi connectivity index (χ0) is 21.1. The van der Waals surface area contributed by atoms with Gasteiger partial charge in [0.15, 0.2) is 11.1 Å². The molecular formula is C21H22O7S. The highest BCUT2D eigenvalue weighted by atomic mass is 32.2. The van der Waals surface area contributed by atoms with Crippen LogP contribution in [0.15, 0.2) is 30.3 Å². The summed E-state index contributed by atoms with van der Waals surface area (Å²) < 4.78 is 26.6. The quantitative estimate of drug-likeness (QED) is 0.579. The molecule has 0 radical (unpaired) electrons. The Labute approximate surface area is 170 Å². The maximum atomic E-state index is 11.9. The van der Waals surface area contributed by atoms with Crippen molar-refractivity contribution in [1.29, 1.82) is 0 Å². The third kappa shape index (κ3) is 4.83. The van der Waals surface area contributed by atoms with Crippen molar-refractivity contribution in [3.63, 3.8) is 0 Å². The normalized spacial score (nSPS) is 15.2. The van der Waals surface area contributed by atoms with E-state index in [4.69, 9.17) is 4.74 Å². The minimum atomic E-state index is -2.06. The van der Waals surface area contributed by atoms with Gasteiger partial charge in [0.1, 0.15) is 5.75 Å². The lowest BCUT2D eigenvalue weighted by atomic mass is 9.92. The van der Waals surface area contributed by atoms with Crippen LogP contribution in [0.2, 0.25) is 0 Å². The lowest BCUT2D eigenvalue weighted by molar-refractivity contribution is 0.0695. The Morgan fingerprint density at radius 2 is 1.69 bits per heavy atom. The van der Waals surface area contributed by atoms with Crippen molar-refractivity contribution in [3.05, 3.63) is 52.6 Å². The molecule has 3 rings (SSSR count). The Bertz CT molecular complexity index is 977. The van der Waals surface area contributed by atoms with Gasteiger partial charge in [0.05, 0.1) is 23.0 Å². The van der Waals surface area contributed by atoms with Gasteiger partial charge in [-0.15, -0.1) is 0 Å². The molecule has 1 aliphatic carbocycles. The SMILES string of the molecule is Cc1cc(-c2cc(CS(=O)O)ccc2OC2CCCC2)c(C(=O)O)cc1C(=O)O. The van der Waals surface area contributed by atoms with Crippen LogP contribution in [0.3, 0.4) is 0 Å². The molecule has 1 aliphatic rings. The molecule has 8 heteroatoms. The molecule has 0 spiro atoms. The highest BCUT2D eigenvalue weighted by Gasteiger charge is 2.23. The first-order valence-corrected chi connectivity index (χ1v) is 10.5. The van der Waals surface area contributed by atoms with Gasteiger partial charge in [-0.1, -0.05) is 6.07 Å². The monoisotopic (exact) mass is 418 g/mol. The number of rotatable bonds is 7. The molecule has 29 heavy (non-hydrogen) atoms. The number of carboxylic acid groups (broad SMARTS) is 2. The van der Waals surface area contributed by atoms with E-state index in [0.717, 1.165) is 31.7 Å². The Morgan fingerprint density at radius 1 is 1.03 bits per heavy atom. The molecule has 3 N–H and O–H groups in total. The first-order valence-electron chi connectivity index (χ1n) is 9.25. The topological polar surface area (TPSA) is 121 Å². The van der Waals surface area contributed by atoms with Crippen LogP contribution in [-0.2, 0) is 16.8 Å². The number of carboxylic acids is 2. The smallest absolute Gasteiger partial charge is 0.336 e. The van der Waals surface area contributed by atoms with Crippen LogP contribution in [0, 0.1) is 6.92 Å². The van der Waals surface area contributed by atoms with E-state index >= 15 is 0 Å². The summed E-state index contributed by atoms with van der Waals surface area (Å²) in [4.78, 5) is 23.3. The molecule has 1 fully saturated rings. The second kappa shape index (κ2) is 8.75. The number of aromatic carboxylic acids is 2. The van der Waals surface area contributed by atoms with Gasteiger partial charge in [-0.25, -0.2) is 13.8 Å². The predicted octanol–water partition coefficient (Wildman–Crippen LogP) is 4.10.